The molecular formula is C14H12N6O. The Morgan fingerprint density at radius 2 is 2.19 bits per heavy atom. The topological polar surface area (TPSA) is 91.5 Å². The number of aromatic nitrogens is 5. The molecule has 1 aromatic carbocycles. The number of H-pyrrole nitrogens is 2. The summed E-state index contributed by atoms with van der Waals surface area (Å²) in [7, 11) is 1.63. The zero-order chi connectivity index (χ0) is 14.2. The van der Waals surface area contributed by atoms with Gasteiger partial charge in [-0.2, -0.15) is 5.10 Å². The number of nitrogens with one attached hydrogen (secondary N) is 3. The molecule has 0 radical (unpaired) electrons. The average Bonchev–Trinajstić information content (AvgIpc) is 3.15. The number of aromatic amines is 2. The molecule has 0 unspecified atom stereocenters. The van der Waals surface area contributed by atoms with Gasteiger partial charge in [0.25, 0.3) is 0 Å². The molecule has 104 valence electrons. The summed E-state index contributed by atoms with van der Waals surface area (Å²) in [5, 5.41) is 12.2. The van der Waals surface area contributed by atoms with Gasteiger partial charge in [-0.15, -0.1) is 0 Å². The van der Waals surface area contributed by atoms with Crippen LogP contribution < -0.4 is 10.1 Å². The third-order valence-corrected chi connectivity index (χ3v) is 3.37. The van der Waals surface area contributed by atoms with Crippen LogP contribution >= 0.6 is 0 Å². The highest BCUT2D eigenvalue weighted by molar-refractivity contribution is 5.92. The summed E-state index contributed by atoms with van der Waals surface area (Å²) < 4.78 is 5.43. The van der Waals surface area contributed by atoms with Crippen molar-refractivity contribution in [2.45, 2.75) is 0 Å². The van der Waals surface area contributed by atoms with E-state index in [1.807, 2.05) is 24.4 Å². The smallest absolute Gasteiger partial charge is 0.144 e. The van der Waals surface area contributed by atoms with Crippen LogP contribution in [0.3, 0.4) is 0 Å². The lowest BCUT2D eigenvalue weighted by Gasteiger charge is -2.11. The summed E-state index contributed by atoms with van der Waals surface area (Å²) in [5.41, 5.74) is 2.54. The lowest BCUT2D eigenvalue weighted by Crippen LogP contribution is -1.98. The predicted molar refractivity (Wildman–Crippen MR) is 79.8 cm³/mol. The average molecular weight is 280 g/mol. The zero-order valence-corrected chi connectivity index (χ0v) is 11.2. The summed E-state index contributed by atoms with van der Waals surface area (Å²) in [4.78, 5) is 11.5. The van der Waals surface area contributed by atoms with E-state index in [2.05, 4.69) is 30.5 Å². The summed E-state index contributed by atoms with van der Waals surface area (Å²) in [6.45, 7) is 0. The van der Waals surface area contributed by atoms with Crippen LogP contribution in [0.1, 0.15) is 0 Å². The molecule has 0 spiro atoms. The van der Waals surface area contributed by atoms with Crippen molar-refractivity contribution < 1.29 is 4.74 Å². The van der Waals surface area contributed by atoms with Crippen LogP contribution in [-0.2, 0) is 0 Å². The molecule has 0 aliphatic rings. The summed E-state index contributed by atoms with van der Waals surface area (Å²) in [6.07, 6.45) is 5.12. The second-order valence-corrected chi connectivity index (χ2v) is 4.60. The number of rotatable bonds is 3. The quantitative estimate of drug-likeness (QED) is 0.536. The Kier molecular flexibility index (Phi) is 2.50. The lowest BCUT2D eigenvalue weighted by molar-refractivity contribution is 0.417. The third-order valence-electron chi connectivity index (χ3n) is 3.37. The molecule has 0 saturated heterocycles. The van der Waals surface area contributed by atoms with Crippen molar-refractivity contribution in [2.75, 3.05) is 12.4 Å². The largest absolute Gasteiger partial charge is 0.494 e. The van der Waals surface area contributed by atoms with Crippen LogP contribution in [0.15, 0.2) is 36.9 Å². The number of hydrogen-bond acceptors (Lipinski definition) is 5. The first kappa shape index (κ1) is 11.7. The van der Waals surface area contributed by atoms with Crippen LogP contribution in [0.5, 0.6) is 5.75 Å². The Morgan fingerprint density at radius 1 is 1.24 bits per heavy atom. The summed E-state index contributed by atoms with van der Waals surface area (Å²) in [6, 6.07) is 5.80. The van der Waals surface area contributed by atoms with E-state index in [-0.39, 0.29) is 0 Å². The molecule has 0 atom stereocenters. The standard InChI is InChI=1S/C14H12N6O/c1-21-12-5-10-8(6-18-20-10)4-11(12)19-14-9-2-3-15-13(9)16-7-17-14/h2-7H,1H3,(H,18,20)(H2,15,16,17,19). The van der Waals surface area contributed by atoms with Crippen molar-refractivity contribution in [3.8, 4) is 5.75 Å². The molecule has 0 amide bonds. The van der Waals surface area contributed by atoms with Crippen molar-refractivity contribution in [3.05, 3.63) is 36.9 Å². The molecule has 7 heteroatoms. The van der Waals surface area contributed by atoms with Gasteiger partial charge in [-0.05, 0) is 12.1 Å². The number of benzene rings is 1. The molecule has 3 N–H and O–H groups in total. The van der Waals surface area contributed by atoms with Crippen LogP contribution in [0, 0.1) is 0 Å². The summed E-state index contributed by atoms with van der Waals surface area (Å²) >= 11 is 0. The molecule has 0 saturated carbocycles. The predicted octanol–water partition coefficient (Wildman–Crippen LogP) is 2.59. The Hall–Kier alpha value is -3.09. The second kappa shape index (κ2) is 4.48. The van der Waals surface area contributed by atoms with E-state index in [0.29, 0.717) is 5.75 Å². The number of nitrogens with zero attached hydrogens (tertiary/aromatic N) is 3. The highest BCUT2D eigenvalue weighted by atomic mass is 16.5. The number of fused-ring (bicyclic) bond motifs is 2. The highest BCUT2D eigenvalue weighted by Gasteiger charge is 2.10. The van der Waals surface area contributed by atoms with E-state index in [4.69, 9.17) is 4.74 Å². The monoisotopic (exact) mass is 280 g/mol. The fourth-order valence-electron chi connectivity index (χ4n) is 2.34. The Balaban J connectivity index is 1.84. The van der Waals surface area contributed by atoms with Gasteiger partial charge in [0.2, 0.25) is 0 Å². The van der Waals surface area contributed by atoms with E-state index < -0.39 is 0 Å². The molecule has 7 nitrogen and oxygen atoms in total. The van der Waals surface area contributed by atoms with Crippen LogP contribution in [-0.4, -0.2) is 32.3 Å². The van der Waals surface area contributed by atoms with Crippen LogP contribution in [0.2, 0.25) is 0 Å². The van der Waals surface area contributed by atoms with Crippen LogP contribution in [0.4, 0.5) is 11.5 Å². The van der Waals surface area contributed by atoms with Crippen molar-refractivity contribution in [1.29, 1.82) is 0 Å². The minimum absolute atomic E-state index is 0.717. The van der Waals surface area contributed by atoms with E-state index in [9.17, 15) is 0 Å². The van der Waals surface area contributed by atoms with Crippen molar-refractivity contribution in [1.82, 2.24) is 25.1 Å². The third kappa shape index (κ3) is 1.86. The van der Waals surface area contributed by atoms with Crippen molar-refractivity contribution in [3.63, 3.8) is 0 Å². The number of ether oxygens (including phenoxy) is 1. The molecule has 0 bridgehead atoms. The minimum Gasteiger partial charge on any atom is -0.494 e. The zero-order valence-electron chi connectivity index (χ0n) is 11.2. The molecule has 4 rings (SSSR count). The van der Waals surface area contributed by atoms with Gasteiger partial charge in [0.05, 0.1) is 29.9 Å². The number of methoxy groups -OCH3 is 1. The van der Waals surface area contributed by atoms with E-state index in [0.717, 1.165) is 33.4 Å². The maximum atomic E-state index is 5.43. The fourth-order valence-corrected chi connectivity index (χ4v) is 2.34. The lowest BCUT2D eigenvalue weighted by atomic mass is 10.2. The van der Waals surface area contributed by atoms with Gasteiger partial charge in [-0.1, -0.05) is 0 Å². The molecule has 0 fully saturated rings. The SMILES string of the molecule is COc1cc2[nH]ncc2cc1Nc1ncnc2[nH]ccc12. The van der Waals surface area contributed by atoms with Crippen molar-refractivity contribution >= 4 is 33.4 Å². The summed E-state index contributed by atoms with van der Waals surface area (Å²) in [5.74, 6) is 1.44. The first-order valence-electron chi connectivity index (χ1n) is 6.41. The first-order chi connectivity index (χ1) is 10.3. The maximum absolute atomic E-state index is 5.43. The van der Waals surface area contributed by atoms with Gasteiger partial charge >= 0.3 is 0 Å². The fraction of sp³-hybridized carbons (Fsp3) is 0.0714. The van der Waals surface area contributed by atoms with Gasteiger partial charge in [0.15, 0.2) is 0 Å². The Bertz CT molecular complexity index is 925. The van der Waals surface area contributed by atoms with E-state index in [1.165, 1.54) is 6.33 Å². The molecule has 0 aliphatic heterocycles. The van der Waals surface area contributed by atoms with Gasteiger partial charge in [0, 0.05) is 17.6 Å². The maximum Gasteiger partial charge on any atom is 0.144 e. The van der Waals surface area contributed by atoms with E-state index in [1.54, 1.807) is 13.3 Å². The molecule has 0 aliphatic carbocycles. The molecule has 4 aromatic rings. The van der Waals surface area contributed by atoms with Gasteiger partial charge < -0.3 is 15.0 Å². The van der Waals surface area contributed by atoms with Crippen molar-refractivity contribution in [2.24, 2.45) is 0 Å². The van der Waals surface area contributed by atoms with Crippen LogP contribution in [0.25, 0.3) is 21.9 Å². The molecular weight excluding hydrogens is 268 g/mol. The number of hydrogen-bond donors (Lipinski definition) is 3. The first-order valence-corrected chi connectivity index (χ1v) is 6.41. The Morgan fingerprint density at radius 3 is 3.10 bits per heavy atom. The minimum atomic E-state index is 0.717. The normalized spacial score (nSPS) is 11.1. The van der Waals surface area contributed by atoms with E-state index >= 15 is 0 Å². The van der Waals surface area contributed by atoms with Gasteiger partial charge in [0.1, 0.15) is 23.5 Å². The second-order valence-electron chi connectivity index (χ2n) is 4.60. The highest BCUT2D eigenvalue weighted by Crippen LogP contribution is 2.32. The van der Waals surface area contributed by atoms with Gasteiger partial charge in [-0.3, -0.25) is 5.10 Å². The molecule has 3 aromatic heterocycles. The number of anilines is 2. The molecule has 3 heterocycles. The Labute approximate surface area is 119 Å². The van der Waals surface area contributed by atoms with Gasteiger partial charge in [-0.25, -0.2) is 9.97 Å². The molecule has 21 heavy (non-hydrogen) atoms.